The number of phenolic OH excluding ortho intramolecular Hbond substituents is 1. The van der Waals surface area contributed by atoms with Gasteiger partial charge in [-0.2, -0.15) is 0 Å². The molecule has 4 rings (SSSR count). The van der Waals surface area contributed by atoms with Crippen molar-refractivity contribution in [2.75, 3.05) is 31.1 Å². The molecule has 27 heavy (non-hydrogen) atoms. The summed E-state index contributed by atoms with van der Waals surface area (Å²) >= 11 is 6.06. The summed E-state index contributed by atoms with van der Waals surface area (Å²) in [6, 6.07) is 15.2. The van der Waals surface area contributed by atoms with E-state index in [2.05, 4.69) is 4.90 Å². The number of carbonyl (C=O) groups excluding carboxylic acids is 1. The monoisotopic (exact) mass is 384 g/mol. The van der Waals surface area contributed by atoms with Crippen molar-refractivity contribution >= 4 is 23.2 Å². The Labute approximate surface area is 165 Å². The Bertz CT molecular complexity index is 807. The second-order valence-corrected chi connectivity index (χ2v) is 8.00. The number of para-hydroxylation sites is 2. The zero-order chi connectivity index (χ0) is 18.9. The summed E-state index contributed by atoms with van der Waals surface area (Å²) in [6.07, 6.45) is 4.00. The number of hydrogen-bond acceptors (Lipinski definition) is 3. The standard InChI is InChI=1S/C22H25ClN2O2/c23-18-9-7-17(8-10-18)22(11-3-4-12-22)21(27)25-15-13-24(14-16-25)19-5-1-2-6-20(19)26/h1-2,5-10,26H,3-4,11-16H2. The Hall–Kier alpha value is -2.20. The highest BCUT2D eigenvalue weighted by Gasteiger charge is 2.45. The van der Waals surface area contributed by atoms with E-state index in [1.165, 1.54) is 0 Å². The topological polar surface area (TPSA) is 43.8 Å². The smallest absolute Gasteiger partial charge is 0.233 e. The molecule has 0 spiro atoms. The largest absolute Gasteiger partial charge is 0.506 e. The molecule has 0 radical (unpaired) electrons. The first-order valence-corrected chi connectivity index (χ1v) is 10.1. The molecule has 0 atom stereocenters. The minimum Gasteiger partial charge on any atom is -0.506 e. The van der Waals surface area contributed by atoms with Gasteiger partial charge in [0.05, 0.1) is 11.1 Å². The first-order chi connectivity index (χ1) is 13.1. The summed E-state index contributed by atoms with van der Waals surface area (Å²) in [5.41, 5.74) is 1.54. The van der Waals surface area contributed by atoms with E-state index in [0.29, 0.717) is 23.9 Å². The number of hydrogen-bond donors (Lipinski definition) is 1. The van der Waals surface area contributed by atoms with Crippen LogP contribution in [0.5, 0.6) is 5.75 Å². The predicted molar refractivity (Wildman–Crippen MR) is 108 cm³/mol. The number of amides is 1. The average molecular weight is 385 g/mol. The van der Waals surface area contributed by atoms with Gasteiger partial charge in [-0.05, 0) is 42.7 Å². The molecule has 142 valence electrons. The number of halogens is 1. The SMILES string of the molecule is O=C(N1CCN(c2ccccc2O)CC1)C1(c2ccc(Cl)cc2)CCCC1. The lowest BCUT2D eigenvalue weighted by Gasteiger charge is -2.41. The van der Waals surface area contributed by atoms with E-state index < -0.39 is 5.41 Å². The summed E-state index contributed by atoms with van der Waals surface area (Å²) in [5, 5.41) is 10.8. The van der Waals surface area contributed by atoms with E-state index in [-0.39, 0.29) is 5.91 Å². The molecule has 5 heteroatoms. The summed E-state index contributed by atoms with van der Waals surface area (Å²) in [4.78, 5) is 17.7. The number of phenols is 1. The number of anilines is 1. The van der Waals surface area contributed by atoms with Crippen molar-refractivity contribution in [3.05, 3.63) is 59.1 Å². The fourth-order valence-corrected chi connectivity index (χ4v) is 4.68. The molecule has 1 heterocycles. The molecule has 1 aliphatic heterocycles. The molecule has 2 fully saturated rings. The fraction of sp³-hybridized carbons (Fsp3) is 0.409. The lowest BCUT2D eigenvalue weighted by atomic mass is 9.77. The van der Waals surface area contributed by atoms with Crippen molar-refractivity contribution in [2.45, 2.75) is 31.1 Å². The van der Waals surface area contributed by atoms with Gasteiger partial charge in [0.2, 0.25) is 5.91 Å². The van der Waals surface area contributed by atoms with Crippen LogP contribution in [0.15, 0.2) is 48.5 Å². The molecular formula is C22H25ClN2O2. The number of nitrogens with zero attached hydrogens (tertiary/aromatic N) is 2. The Morgan fingerprint density at radius 2 is 1.56 bits per heavy atom. The van der Waals surface area contributed by atoms with Gasteiger partial charge in [0.1, 0.15) is 5.75 Å². The molecule has 1 aliphatic carbocycles. The molecule has 0 unspecified atom stereocenters. The van der Waals surface area contributed by atoms with Crippen LogP contribution < -0.4 is 4.90 Å². The van der Waals surface area contributed by atoms with E-state index in [4.69, 9.17) is 11.6 Å². The normalized spacial score (nSPS) is 19.3. The Morgan fingerprint density at radius 3 is 2.19 bits per heavy atom. The minimum absolute atomic E-state index is 0.249. The van der Waals surface area contributed by atoms with Crippen molar-refractivity contribution in [2.24, 2.45) is 0 Å². The van der Waals surface area contributed by atoms with E-state index in [0.717, 1.165) is 50.0 Å². The quantitative estimate of drug-likeness (QED) is 0.862. The molecule has 0 bridgehead atoms. The molecule has 2 aliphatic rings. The van der Waals surface area contributed by atoms with Crippen molar-refractivity contribution in [3.8, 4) is 5.75 Å². The molecule has 1 saturated carbocycles. The van der Waals surface area contributed by atoms with Crippen LogP contribution in [0.25, 0.3) is 0 Å². The van der Waals surface area contributed by atoms with Crippen molar-refractivity contribution in [3.63, 3.8) is 0 Å². The van der Waals surface area contributed by atoms with Crippen LogP contribution in [0, 0.1) is 0 Å². The van der Waals surface area contributed by atoms with Crippen LogP contribution in [0.1, 0.15) is 31.2 Å². The summed E-state index contributed by atoms with van der Waals surface area (Å²) in [5.74, 6) is 0.546. The Morgan fingerprint density at radius 1 is 0.926 bits per heavy atom. The zero-order valence-corrected chi connectivity index (χ0v) is 16.2. The molecule has 0 aromatic heterocycles. The lowest BCUT2D eigenvalue weighted by Crippen LogP contribution is -2.54. The predicted octanol–water partition coefficient (Wildman–Crippen LogP) is 4.21. The van der Waals surface area contributed by atoms with E-state index >= 15 is 0 Å². The third-order valence-electron chi connectivity index (χ3n) is 6.05. The summed E-state index contributed by atoms with van der Waals surface area (Å²) in [6.45, 7) is 2.84. The number of carbonyl (C=O) groups is 1. The van der Waals surface area contributed by atoms with Gasteiger partial charge in [-0.1, -0.05) is 48.7 Å². The zero-order valence-electron chi connectivity index (χ0n) is 15.4. The van der Waals surface area contributed by atoms with Crippen LogP contribution >= 0.6 is 11.6 Å². The Kier molecular flexibility index (Phi) is 5.00. The average Bonchev–Trinajstić information content (AvgIpc) is 3.20. The maximum absolute atomic E-state index is 13.5. The highest BCUT2D eigenvalue weighted by atomic mass is 35.5. The van der Waals surface area contributed by atoms with Gasteiger partial charge < -0.3 is 14.9 Å². The van der Waals surface area contributed by atoms with Gasteiger partial charge >= 0.3 is 0 Å². The third-order valence-corrected chi connectivity index (χ3v) is 6.30. The Balaban J connectivity index is 1.51. The molecule has 2 aromatic carbocycles. The van der Waals surface area contributed by atoms with E-state index in [9.17, 15) is 9.90 Å². The molecule has 1 N–H and O–H groups in total. The highest BCUT2D eigenvalue weighted by molar-refractivity contribution is 6.30. The second kappa shape index (κ2) is 7.43. The first kappa shape index (κ1) is 18.2. The van der Waals surface area contributed by atoms with Gasteiger partial charge in [0.25, 0.3) is 0 Å². The molecule has 2 aromatic rings. The highest BCUT2D eigenvalue weighted by Crippen LogP contribution is 2.43. The summed E-state index contributed by atoms with van der Waals surface area (Å²) in [7, 11) is 0. The number of rotatable bonds is 3. The van der Waals surface area contributed by atoms with Crippen LogP contribution in [0.4, 0.5) is 5.69 Å². The van der Waals surface area contributed by atoms with Gasteiger partial charge in [0.15, 0.2) is 0 Å². The van der Waals surface area contributed by atoms with Gasteiger partial charge in [-0.3, -0.25) is 4.79 Å². The molecule has 1 amide bonds. The van der Waals surface area contributed by atoms with E-state index in [1.54, 1.807) is 6.07 Å². The molecule has 1 saturated heterocycles. The third kappa shape index (κ3) is 3.39. The number of piperazine rings is 1. The van der Waals surface area contributed by atoms with Crippen molar-refractivity contribution in [1.29, 1.82) is 0 Å². The van der Waals surface area contributed by atoms with Crippen LogP contribution in [0.3, 0.4) is 0 Å². The molecular weight excluding hydrogens is 360 g/mol. The van der Waals surface area contributed by atoms with Gasteiger partial charge in [0, 0.05) is 31.2 Å². The number of benzene rings is 2. The number of aromatic hydroxyl groups is 1. The van der Waals surface area contributed by atoms with E-state index in [1.807, 2.05) is 47.4 Å². The first-order valence-electron chi connectivity index (χ1n) is 9.68. The van der Waals surface area contributed by atoms with Crippen LogP contribution in [-0.2, 0) is 10.2 Å². The van der Waals surface area contributed by atoms with Gasteiger partial charge in [-0.15, -0.1) is 0 Å². The summed E-state index contributed by atoms with van der Waals surface area (Å²) < 4.78 is 0. The van der Waals surface area contributed by atoms with Crippen molar-refractivity contribution in [1.82, 2.24) is 4.90 Å². The molecule has 4 nitrogen and oxygen atoms in total. The maximum Gasteiger partial charge on any atom is 0.233 e. The van der Waals surface area contributed by atoms with Crippen molar-refractivity contribution < 1.29 is 9.90 Å². The fourth-order valence-electron chi connectivity index (χ4n) is 4.56. The van der Waals surface area contributed by atoms with Crippen LogP contribution in [-0.4, -0.2) is 42.1 Å². The second-order valence-electron chi connectivity index (χ2n) is 7.56. The van der Waals surface area contributed by atoms with Gasteiger partial charge in [-0.25, -0.2) is 0 Å². The maximum atomic E-state index is 13.5. The van der Waals surface area contributed by atoms with Crippen LogP contribution in [0.2, 0.25) is 5.02 Å². The minimum atomic E-state index is -0.401. The lowest BCUT2D eigenvalue weighted by molar-refractivity contribution is -0.137.